The van der Waals surface area contributed by atoms with Crippen LogP contribution in [0.25, 0.3) is 0 Å². The van der Waals surface area contributed by atoms with Crippen LogP contribution in [0.4, 0.5) is 22.0 Å². The molecule has 2 aliphatic rings. The first kappa shape index (κ1) is 18.3. The van der Waals surface area contributed by atoms with E-state index in [2.05, 4.69) is 6.07 Å². The number of ether oxygens (including phenoxy) is 1. The van der Waals surface area contributed by atoms with E-state index in [-0.39, 0.29) is 29.8 Å². The van der Waals surface area contributed by atoms with E-state index in [1.165, 1.54) is 6.07 Å². The van der Waals surface area contributed by atoms with Crippen LogP contribution < -0.4 is 4.74 Å². The van der Waals surface area contributed by atoms with Gasteiger partial charge in [0.2, 0.25) is 0 Å². The van der Waals surface area contributed by atoms with Crippen LogP contribution in [-0.2, 0) is 6.42 Å². The van der Waals surface area contributed by atoms with Crippen LogP contribution in [-0.4, -0.2) is 23.1 Å². The zero-order chi connectivity index (χ0) is 18.4. The van der Waals surface area contributed by atoms with Crippen LogP contribution >= 0.6 is 11.8 Å². The second kappa shape index (κ2) is 6.32. The fourth-order valence-electron chi connectivity index (χ4n) is 3.18. The molecule has 0 spiro atoms. The minimum atomic E-state index is -4.65. The maximum absolute atomic E-state index is 13.9. The molecule has 0 saturated heterocycles. The summed E-state index contributed by atoms with van der Waals surface area (Å²) in [6, 6.07) is 4.41. The van der Waals surface area contributed by atoms with E-state index in [9.17, 15) is 27.1 Å². The monoisotopic (exact) mass is 379 g/mol. The Kier molecular flexibility index (Phi) is 4.62. The highest BCUT2D eigenvalue weighted by molar-refractivity contribution is 8.00. The lowest BCUT2D eigenvalue weighted by Crippen LogP contribution is -2.27. The van der Waals surface area contributed by atoms with Gasteiger partial charge in [-0.05, 0) is 42.7 Å². The van der Waals surface area contributed by atoms with Gasteiger partial charge in [0.25, 0.3) is 5.92 Å². The second-order valence-electron chi connectivity index (χ2n) is 6.32. The molecule has 25 heavy (non-hydrogen) atoms. The van der Waals surface area contributed by atoms with Crippen molar-refractivity contribution < 1.29 is 31.8 Å². The van der Waals surface area contributed by atoms with Crippen LogP contribution in [0.5, 0.6) is 5.75 Å². The molecule has 0 unspecified atom stereocenters. The van der Waals surface area contributed by atoms with Gasteiger partial charge in [-0.3, -0.25) is 0 Å². The number of nitrogens with zero attached hydrogens (tertiary/aromatic N) is 1. The number of nitriles is 1. The summed E-state index contributed by atoms with van der Waals surface area (Å²) in [6.45, 7) is 0.206. The molecule has 1 atom stereocenters. The Morgan fingerprint density at radius 1 is 1.32 bits per heavy atom. The van der Waals surface area contributed by atoms with E-state index < -0.39 is 46.2 Å². The number of alkyl halides is 5. The van der Waals surface area contributed by atoms with E-state index in [1.807, 2.05) is 0 Å². The van der Waals surface area contributed by atoms with Gasteiger partial charge in [-0.15, -0.1) is 0 Å². The number of thioether (sulfide) groups is 1. The summed E-state index contributed by atoms with van der Waals surface area (Å²) in [5.74, 6) is -3.38. The van der Waals surface area contributed by atoms with E-state index in [0.29, 0.717) is 12.8 Å². The van der Waals surface area contributed by atoms with Crippen molar-refractivity contribution >= 4 is 11.8 Å². The van der Waals surface area contributed by atoms with Gasteiger partial charge in [-0.25, -0.2) is 8.78 Å². The fraction of sp³-hybridized carbons (Fsp3) is 0.562. The van der Waals surface area contributed by atoms with Gasteiger partial charge in [-0.2, -0.15) is 18.4 Å². The lowest BCUT2D eigenvalue weighted by atomic mass is 9.76. The van der Waals surface area contributed by atoms with Crippen molar-refractivity contribution in [1.29, 1.82) is 5.26 Å². The Morgan fingerprint density at radius 2 is 2.00 bits per heavy atom. The number of hydrogen-bond donors (Lipinski definition) is 1. The van der Waals surface area contributed by atoms with Gasteiger partial charge in [0.15, 0.2) is 0 Å². The molecule has 136 valence electrons. The molecule has 9 heteroatoms. The Morgan fingerprint density at radius 3 is 2.60 bits per heavy atom. The highest BCUT2D eigenvalue weighted by Crippen LogP contribution is 2.52. The zero-order valence-corrected chi connectivity index (χ0v) is 13.6. The van der Waals surface area contributed by atoms with E-state index in [4.69, 9.17) is 10.00 Å². The molecular formula is C16H14F5NO2S. The standard InChI is InChI=1S/C16H14F5NO2S/c17-15(18)5-10-11(24-7-9-3-8(4-9)6-22)1-2-12(13(10)14(15)23)25-16(19,20)21/h1-2,8-9,14,23H,3-5,7H2/t8?,9?,14-/m1/s1. The molecule has 1 saturated carbocycles. The number of hydrogen-bond acceptors (Lipinski definition) is 4. The first-order chi connectivity index (χ1) is 11.6. The van der Waals surface area contributed by atoms with Gasteiger partial charge in [0, 0.05) is 28.4 Å². The molecule has 0 heterocycles. The molecular weight excluding hydrogens is 365 g/mol. The molecule has 1 N–H and O–H groups in total. The molecule has 0 aromatic heterocycles. The summed E-state index contributed by atoms with van der Waals surface area (Å²) >= 11 is -0.522. The van der Waals surface area contributed by atoms with Crippen LogP contribution in [0.3, 0.4) is 0 Å². The van der Waals surface area contributed by atoms with Crippen LogP contribution in [0.1, 0.15) is 30.1 Å². The first-order valence-corrected chi connectivity index (χ1v) is 8.42. The maximum atomic E-state index is 13.9. The van der Waals surface area contributed by atoms with Crippen LogP contribution in [0.2, 0.25) is 0 Å². The predicted octanol–water partition coefficient (Wildman–Crippen LogP) is 4.45. The maximum Gasteiger partial charge on any atom is 0.446 e. The van der Waals surface area contributed by atoms with E-state index in [0.717, 1.165) is 6.07 Å². The molecule has 3 nitrogen and oxygen atoms in total. The quantitative estimate of drug-likeness (QED) is 0.620. The summed E-state index contributed by atoms with van der Waals surface area (Å²) in [5, 5.41) is 18.5. The molecule has 0 aliphatic heterocycles. The van der Waals surface area contributed by atoms with Gasteiger partial charge < -0.3 is 9.84 Å². The minimum absolute atomic E-state index is 0.0315. The average Bonchev–Trinajstić information content (AvgIpc) is 2.69. The van der Waals surface area contributed by atoms with Crippen LogP contribution in [0, 0.1) is 23.2 Å². The fourth-order valence-corrected chi connectivity index (χ4v) is 3.91. The second-order valence-corrected chi connectivity index (χ2v) is 7.42. The average molecular weight is 379 g/mol. The van der Waals surface area contributed by atoms with Gasteiger partial charge in [0.05, 0.1) is 12.7 Å². The SMILES string of the molecule is N#CC1CC(COc2ccc(SC(F)(F)F)c3c2CC(F)(F)[C@@H]3O)C1. The molecule has 1 aromatic rings. The van der Waals surface area contributed by atoms with Crippen molar-refractivity contribution in [2.45, 2.75) is 41.7 Å². The van der Waals surface area contributed by atoms with Gasteiger partial charge in [0.1, 0.15) is 11.9 Å². The highest BCUT2D eigenvalue weighted by Gasteiger charge is 2.50. The Balaban J connectivity index is 1.83. The zero-order valence-electron chi connectivity index (χ0n) is 12.8. The number of fused-ring (bicyclic) bond motifs is 1. The molecule has 3 rings (SSSR count). The van der Waals surface area contributed by atoms with Gasteiger partial charge in [-0.1, -0.05) is 0 Å². The topological polar surface area (TPSA) is 53.2 Å². The van der Waals surface area contributed by atoms with Crippen molar-refractivity contribution in [2.24, 2.45) is 11.8 Å². The summed E-state index contributed by atoms with van der Waals surface area (Å²) in [7, 11) is 0. The molecule has 1 fully saturated rings. The number of aliphatic hydroxyl groups is 1. The van der Waals surface area contributed by atoms with Gasteiger partial charge >= 0.3 is 5.51 Å². The lowest BCUT2D eigenvalue weighted by Gasteiger charge is -2.30. The third kappa shape index (κ3) is 3.70. The highest BCUT2D eigenvalue weighted by atomic mass is 32.2. The third-order valence-corrected chi connectivity index (χ3v) is 5.29. The predicted molar refractivity (Wildman–Crippen MR) is 79.3 cm³/mol. The van der Waals surface area contributed by atoms with Crippen LogP contribution in [0.15, 0.2) is 17.0 Å². The summed E-state index contributed by atoms with van der Waals surface area (Å²) in [5.41, 5.74) is -5.14. The van der Waals surface area contributed by atoms with Crippen molar-refractivity contribution in [3.63, 3.8) is 0 Å². The van der Waals surface area contributed by atoms with Crippen molar-refractivity contribution in [1.82, 2.24) is 0 Å². The van der Waals surface area contributed by atoms with Crippen molar-refractivity contribution in [3.8, 4) is 11.8 Å². The number of benzene rings is 1. The first-order valence-electron chi connectivity index (χ1n) is 7.60. The lowest BCUT2D eigenvalue weighted by molar-refractivity contribution is -0.0977. The summed E-state index contributed by atoms with van der Waals surface area (Å²) in [4.78, 5) is -0.437. The Labute approximate surface area is 144 Å². The Bertz CT molecular complexity index is 710. The minimum Gasteiger partial charge on any atom is -0.493 e. The Hall–Kier alpha value is -1.53. The molecule has 1 aromatic carbocycles. The largest absolute Gasteiger partial charge is 0.493 e. The van der Waals surface area contributed by atoms with E-state index in [1.54, 1.807) is 0 Å². The molecule has 0 bridgehead atoms. The summed E-state index contributed by atoms with van der Waals surface area (Å²) in [6.07, 6.45) is -1.85. The third-order valence-electron chi connectivity index (χ3n) is 4.48. The molecule has 0 radical (unpaired) electrons. The van der Waals surface area contributed by atoms with Crippen molar-refractivity contribution in [3.05, 3.63) is 23.3 Å². The normalized spacial score (nSPS) is 27.3. The molecule has 0 amide bonds. The smallest absolute Gasteiger partial charge is 0.446 e. The number of aliphatic hydroxyl groups excluding tert-OH is 1. The summed E-state index contributed by atoms with van der Waals surface area (Å²) < 4.78 is 71.2. The molecule has 2 aliphatic carbocycles. The van der Waals surface area contributed by atoms with E-state index >= 15 is 0 Å². The van der Waals surface area contributed by atoms with Crippen molar-refractivity contribution in [2.75, 3.05) is 6.61 Å². The number of rotatable bonds is 4. The number of halogens is 5.